The number of nitrogens with one attached hydrogen (secondary N) is 1. The van der Waals surface area contributed by atoms with E-state index in [2.05, 4.69) is 55.2 Å². The fourth-order valence-corrected chi connectivity index (χ4v) is 1.51. The van der Waals surface area contributed by atoms with Gasteiger partial charge in [-0.2, -0.15) is 0 Å². The number of aryl methyl sites for hydroxylation is 2. The van der Waals surface area contributed by atoms with Crippen molar-refractivity contribution in [3.63, 3.8) is 0 Å². The molecule has 0 aromatic heterocycles. The Balaban J connectivity index is 0.00000324. The maximum atomic E-state index is 5.84. The first-order valence-electron chi connectivity index (χ1n) is 6.35. The van der Waals surface area contributed by atoms with E-state index < -0.39 is 0 Å². The summed E-state index contributed by atoms with van der Waals surface area (Å²) in [6, 6.07) is 6.18. The fraction of sp³-hybridized carbons (Fsp3) is 0.500. The molecule has 0 aliphatic heterocycles. The molecule has 1 aromatic carbocycles. The predicted molar refractivity (Wildman–Crippen MR) is 94.6 cm³/mol. The summed E-state index contributed by atoms with van der Waals surface area (Å²) in [6.45, 7) is 8.97. The summed E-state index contributed by atoms with van der Waals surface area (Å²) in [5, 5.41) is 3.11. The van der Waals surface area contributed by atoms with Crippen LogP contribution in [-0.2, 0) is 0 Å². The van der Waals surface area contributed by atoms with Crippen molar-refractivity contribution in [1.82, 2.24) is 4.90 Å². The molecule has 0 amide bonds. The van der Waals surface area contributed by atoms with E-state index >= 15 is 0 Å². The molecule has 0 heterocycles. The Bertz CT molecular complexity index is 418. The highest BCUT2D eigenvalue weighted by Crippen LogP contribution is 2.13. The van der Waals surface area contributed by atoms with E-state index in [4.69, 9.17) is 5.73 Å². The molecular weight excluding hydrogens is 351 g/mol. The van der Waals surface area contributed by atoms with Gasteiger partial charge in [-0.25, -0.2) is 0 Å². The van der Waals surface area contributed by atoms with Crippen LogP contribution in [0.3, 0.4) is 0 Å². The second kappa shape index (κ2) is 9.14. The Hall–Kier alpha value is -0.820. The molecule has 0 radical (unpaired) electrons. The van der Waals surface area contributed by atoms with Crippen LogP contribution in [0.1, 0.15) is 18.1 Å². The molecule has 1 rings (SSSR count). The highest BCUT2D eigenvalue weighted by atomic mass is 127. The number of benzene rings is 1. The number of anilines is 1. The SMILES string of the molecule is CCN(C)CCN=C(N)Nc1ccc(C)c(C)c1.I. The number of rotatable bonds is 5. The molecule has 0 saturated heterocycles. The molecular formula is C14H25IN4. The van der Waals surface area contributed by atoms with Crippen LogP contribution in [0.5, 0.6) is 0 Å². The first-order chi connectivity index (χ1) is 8.52. The third kappa shape index (κ3) is 6.77. The normalized spacial score (nSPS) is 11.3. The van der Waals surface area contributed by atoms with Crippen LogP contribution in [0.2, 0.25) is 0 Å². The molecule has 0 aliphatic rings. The maximum absolute atomic E-state index is 5.84. The van der Waals surface area contributed by atoms with Gasteiger partial charge in [-0.15, -0.1) is 24.0 Å². The highest BCUT2D eigenvalue weighted by Gasteiger charge is 1.98. The molecule has 0 atom stereocenters. The summed E-state index contributed by atoms with van der Waals surface area (Å²) < 4.78 is 0. The van der Waals surface area contributed by atoms with Gasteiger partial charge in [0.15, 0.2) is 5.96 Å². The van der Waals surface area contributed by atoms with Gasteiger partial charge >= 0.3 is 0 Å². The molecule has 1 aromatic rings. The Morgan fingerprint density at radius 1 is 1.32 bits per heavy atom. The van der Waals surface area contributed by atoms with Gasteiger partial charge in [0, 0.05) is 12.2 Å². The zero-order valence-electron chi connectivity index (χ0n) is 12.2. The number of nitrogens with two attached hydrogens (primary N) is 1. The first-order valence-corrected chi connectivity index (χ1v) is 6.35. The third-order valence-corrected chi connectivity index (χ3v) is 3.08. The quantitative estimate of drug-likeness (QED) is 0.472. The third-order valence-electron chi connectivity index (χ3n) is 3.08. The summed E-state index contributed by atoms with van der Waals surface area (Å²) in [5.41, 5.74) is 9.36. The van der Waals surface area contributed by atoms with Crippen molar-refractivity contribution in [2.24, 2.45) is 10.7 Å². The van der Waals surface area contributed by atoms with Gasteiger partial charge in [0.1, 0.15) is 0 Å². The number of guanidine groups is 1. The van der Waals surface area contributed by atoms with Crippen molar-refractivity contribution in [1.29, 1.82) is 0 Å². The smallest absolute Gasteiger partial charge is 0.193 e. The number of hydrogen-bond donors (Lipinski definition) is 2. The molecule has 0 unspecified atom stereocenters. The number of hydrogen-bond acceptors (Lipinski definition) is 2. The molecule has 4 nitrogen and oxygen atoms in total. The van der Waals surface area contributed by atoms with Gasteiger partial charge in [-0.05, 0) is 50.7 Å². The van der Waals surface area contributed by atoms with Crippen LogP contribution in [0.25, 0.3) is 0 Å². The van der Waals surface area contributed by atoms with Crippen LogP contribution in [0.15, 0.2) is 23.2 Å². The number of likely N-dealkylation sites (N-methyl/N-ethyl adjacent to an activating group) is 1. The minimum atomic E-state index is 0. The topological polar surface area (TPSA) is 53.6 Å². The van der Waals surface area contributed by atoms with Gasteiger partial charge < -0.3 is 16.0 Å². The summed E-state index contributed by atoms with van der Waals surface area (Å²) in [7, 11) is 2.07. The molecule has 0 spiro atoms. The highest BCUT2D eigenvalue weighted by molar-refractivity contribution is 14.0. The average Bonchev–Trinajstić information content (AvgIpc) is 2.33. The number of aliphatic imine (C=N–C) groups is 1. The molecule has 0 aliphatic carbocycles. The standard InChI is InChI=1S/C14H24N4.HI/c1-5-18(4)9-8-16-14(15)17-13-7-6-11(2)12(3)10-13;/h6-7,10H,5,8-9H2,1-4H3,(H3,15,16,17);1H. The lowest BCUT2D eigenvalue weighted by atomic mass is 10.1. The van der Waals surface area contributed by atoms with E-state index in [-0.39, 0.29) is 24.0 Å². The van der Waals surface area contributed by atoms with Crippen LogP contribution < -0.4 is 11.1 Å². The van der Waals surface area contributed by atoms with Crippen LogP contribution in [0.4, 0.5) is 5.69 Å². The van der Waals surface area contributed by atoms with Crippen molar-refractivity contribution in [2.75, 3.05) is 32.0 Å². The van der Waals surface area contributed by atoms with E-state index in [0.29, 0.717) is 12.5 Å². The monoisotopic (exact) mass is 376 g/mol. The van der Waals surface area contributed by atoms with Crippen LogP contribution in [-0.4, -0.2) is 37.5 Å². The van der Waals surface area contributed by atoms with E-state index in [1.807, 2.05) is 6.07 Å². The molecule has 0 fully saturated rings. The second-order valence-electron chi connectivity index (χ2n) is 4.59. The van der Waals surface area contributed by atoms with Gasteiger partial charge in [0.25, 0.3) is 0 Å². The van der Waals surface area contributed by atoms with Gasteiger partial charge in [-0.3, -0.25) is 4.99 Å². The molecule has 0 saturated carbocycles. The average molecular weight is 376 g/mol. The van der Waals surface area contributed by atoms with Crippen molar-refractivity contribution < 1.29 is 0 Å². The Labute approximate surface area is 133 Å². The zero-order valence-corrected chi connectivity index (χ0v) is 14.6. The molecule has 19 heavy (non-hydrogen) atoms. The van der Waals surface area contributed by atoms with Crippen LogP contribution >= 0.6 is 24.0 Å². The first kappa shape index (κ1) is 18.2. The van der Waals surface area contributed by atoms with Crippen molar-refractivity contribution >= 4 is 35.6 Å². The van der Waals surface area contributed by atoms with Gasteiger partial charge in [0.2, 0.25) is 0 Å². The van der Waals surface area contributed by atoms with E-state index in [9.17, 15) is 0 Å². The molecule has 0 bridgehead atoms. The van der Waals surface area contributed by atoms with Crippen LogP contribution in [0, 0.1) is 13.8 Å². The molecule has 3 N–H and O–H groups in total. The maximum Gasteiger partial charge on any atom is 0.193 e. The number of halogens is 1. The van der Waals surface area contributed by atoms with E-state index in [1.54, 1.807) is 0 Å². The van der Waals surface area contributed by atoms with Gasteiger partial charge in [0.05, 0.1) is 6.54 Å². The molecule has 108 valence electrons. The minimum absolute atomic E-state index is 0. The zero-order chi connectivity index (χ0) is 13.5. The van der Waals surface area contributed by atoms with E-state index in [1.165, 1.54) is 11.1 Å². The Morgan fingerprint density at radius 2 is 2.00 bits per heavy atom. The number of nitrogens with zero attached hydrogens (tertiary/aromatic N) is 2. The Morgan fingerprint density at radius 3 is 2.58 bits per heavy atom. The Kier molecular flexibility index (Phi) is 8.75. The predicted octanol–water partition coefficient (Wildman–Crippen LogP) is 2.60. The fourth-order valence-electron chi connectivity index (χ4n) is 1.51. The van der Waals surface area contributed by atoms with Crippen molar-refractivity contribution in [2.45, 2.75) is 20.8 Å². The lowest BCUT2D eigenvalue weighted by Gasteiger charge is -2.12. The lowest BCUT2D eigenvalue weighted by molar-refractivity contribution is 0.363. The van der Waals surface area contributed by atoms with Gasteiger partial charge in [-0.1, -0.05) is 13.0 Å². The summed E-state index contributed by atoms with van der Waals surface area (Å²) in [5.74, 6) is 0.475. The van der Waals surface area contributed by atoms with Crippen molar-refractivity contribution in [3.05, 3.63) is 29.3 Å². The summed E-state index contributed by atoms with van der Waals surface area (Å²) in [6.07, 6.45) is 0. The second-order valence-corrected chi connectivity index (χ2v) is 4.59. The summed E-state index contributed by atoms with van der Waals surface area (Å²) >= 11 is 0. The largest absolute Gasteiger partial charge is 0.370 e. The lowest BCUT2D eigenvalue weighted by Crippen LogP contribution is -2.26. The summed E-state index contributed by atoms with van der Waals surface area (Å²) in [4.78, 5) is 6.50. The van der Waals surface area contributed by atoms with E-state index in [0.717, 1.165) is 18.8 Å². The van der Waals surface area contributed by atoms with Crippen molar-refractivity contribution in [3.8, 4) is 0 Å². The minimum Gasteiger partial charge on any atom is -0.370 e. The molecule has 5 heteroatoms.